The highest BCUT2D eigenvalue weighted by molar-refractivity contribution is 9.10. The summed E-state index contributed by atoms with van der Waals surface area (Å²) in [6.07, 6.45) is 3.56. The molecule has 0 radical (unpaired) electrons. The van der Waals surface area contributed by atoms with E-state index in [2.05, 4.69) is 47.1 Å². The second-order valence-electron chi connectivity index (χ2n) is 4.02. The maximum atomic E-state index is 4.45. The Labute approximate surface area is 127 Å². The van der Waals surface area contributed by atoms with E-state index < -0.39 is 0 Å². The van der Waals surface area contributed by atoms with Gasteiger partial charge >= 0.3 is 0 Å². The van der Waals surface area contributed by atoms with Crippen molar-refractivity contribution in [3.63, 3.8) is 0 Å². The third-order valence-electron chi connectivity index (χ3n) is 2.67. The summed E-state index contributed by atoms with van der Waals surface area (Å²) in [6.45, 7) is 0. The zero-order valence-electron chi connectivity index (χ0n) is 9.77. The summed E-state index contributed by atoms with van der Waals surface area (Å²) >= 11 is 6.80. The highest BCUT2D eigenvalue weighted by Crippen LogP contribution is 2.26. The lowest BCUT2D eigenvalue weighted by Gasteiger charge is -2.08. The molecule has 0 aliphatic heterocycles. The summed E-state index contributed by atoms with van der Waals surface area (Å²) in [4.78, 5) is 8.75. The average Bonchev–Trinajstić information content (AvgIpc) is 2.41. The van der Waals surface area contributed by atoms with Gasteiger partial charge in [-0.05, 0) is 56.1 Å². The second kappa shape index (κ2) is 5.27. The van der Waals surface area contributed by atoms with Crippen LogP contribution in [0.5, 0.6) is 0 Å². The van der Waals surface area contributed by atoms with Crippen molar-refractivity contribution in [2.75, 3.05) is 5.32 Å². The van der Waals surface area contributed by atoms with Crippen LogP contribution >= 0.6 is 31.9 Å². The first-order valence-electron chi connectivity index (χ1n) is 5.65. The summed E-state index contributed by atoms with van der Waals surface area (Å²) < 4.78 is 1.93. The van der Waals surface area contributed by atoms with Gasteiger partial charge in [-0.3, -0.25) is 4.98 Å². The van der Waals surface area contributed by atoms with Crippen LogP contribution in [0.4, 0.5) is 11.5 Å². The second-order valence-corrected chi connectivity index (χ2v) is 5.85. The molecule has 1 aromatic carbocycles. The number of rotatable bonds is 2. The maximum Gasteiger partial charge on any atom is 0.130 e. The molecule has 0 fully saturated rings. The van der Waals surface area contributed by atoms with Crippen LogP contribution in [-0.2, 0) is 0 Å². The molecule has 5 heteroatoms. The zero-order valence-corrected chi connectivity index (χ0v) is 12.9. The van der Waals surface area contributed by atoms with Crippen LogP contribution in [0.2, 0.25) is 0 Å². The number of hydrogen-bond acceptors (Lipinski definition) is 3. The predicted octanol–water partition coefficient (Wildman–Crippen LogP) is 4.90. The van der Waals surface area contributed by atoms with Gasteiger partial charge in [0, 0.05) is 26.7 Å². The molecule has 0 bridgehead atoms. The quantitative estimate of drug-likeness (QED) is 0.689. The summed E-state index contributed by atoms with van der Waals surface area (Å²) in [7, 11) is 0. The minimum absolute atomic E-state index is 0.792. The van der Waals surface area contributed by atoms with Gasteiger partial charge in [-0.2, -0.15) is 0 Å². The van der Waals surface area contributed by atoms with Crippen molar-refractivity contribution < 1.29 is 0 Å². The topological polar surface area (TPSA) is 37.8 Å². The Kier molecular flexibility index (Phi) is 3.48. The molecule has 2 heterocycles. The van der Waals surface area contributed by atoms with E-state index in [1.807, 2.05) is 36.4 Å². The largest absolute Gasteiger partial charge is 0.338 e. The van der Waals surface area contributed by atoms with E-state index >= 15 is 0 Å². The first kappa shape index (κ1) is 12.6. The van der Waals surface area contributed by atoms with Crippen molar-refractivity contribution in [1.29, 1.82) is 0 Å². The van der Waals surface area contributed by atoms with Gasteiger partial charge in [0.05, 0.1) is 11.2 Å². The van der Waals surface area contributed by atoms with Gasteiger partial charge in [0.25, 0.3) is 0 Å². The standard InChI is InChI=1S/C14H9Br2N3/c15-10-4-5-13(17-7-10)19-12-3-1-2-9-6-11(16)8-18-14(9)12/h1-8H,(H,17,19). The van der Waals surface area contributed by atoms with E-state index in [0.29, 0.717) is 0 Å². The van der Waals surface area contributed by atoms with E-state index in [9.17, 15) is 0 Å². The number of nitrogens with one attached hydrogen (secondary N) is 1. The molecule has 3 nitrogen and oxygen atoms in total. The summed E-state index contributed by atoms with van der Waals surface area (Å²) in [6, 6.07) is 11.9. The zero-order chi connectivity index (χ0) is 13.2. The van der Waals surface area contributed by atoms with E-state index in [1.165, 1.54) is 0 Å². The van der Waals surface area contributed by atoms with Crippen LogP contribution in [0, 0.1) is 0 Å². The molecule has 0 saturated carbocycles. The van der Waals surface area contributed by atoms with Gasteiger partial charge in [-0.15, -0.1) is 0 Å². The van der Waals surface area contributed by atoms with E-state index in [0.717, 1.165) is 31.4 Å². The van der Waals surface area contributed by atoms with Gasteiger partial charge in [0.15, 0.2) is 0 Å². The lowest BCUT2D eigenvalue weighted by molar-refractivity contribution is 1.29. The minimum atomic E-state index is 0.792. The molecule has 2 aromatic heterocycles. The lowest BCUT2D eigenvalue weighted by Crippen LogP contribution is -1.95. The number of halogens is 2. The Bertz CT molecular complexity index is 726. The number of pyridine rings is 2. The molecule has 19 heavy (non-hydrogen) atoms. The third kappa shape index (κ3) is 2.77. The fourth-order valence-electron chi connectivity index (χ4n) is 1.82. The van der Waals surface area contributed by atoms with Crippen LogP contribution in [0.15, 0.2) is 57.7 Å². The van der Waals surface area contributed by atoms with Crippen molar-refractivity contribution in [2.24, 2.45) is 0 Å². The number of hydrogen-bond donors (Lipinski definition) is 1. The van der Waals surface area contributed by atoms with Gasteiger partial charge in [0.2, 0.25) is 0 Å². The average molecular weight is 379 g/mol. The number of para-hydroxylation sites is 1. The van der Waals surface area contributed by atoms with Crippen LogP contribution in [0.1, 0.15) is 0 Å². The molecule has 0 aliphatic rings. The van der Waals surface area contributed by atoms with Crippen LogP contribution in [0.3, 0.4) is 0 Å². The van der Waals surface area contributed by atoms with Crippen molar-refractivity contribution in [3.05, 3.63) is 57.7 Å². The monoisotopic (exact) mass is 377 g/mol. The normalized spacial score (nSPS) is 10.6. The van der Waals surface area contributed by atoms with Gasteiger partial charge in [-0.25, -0.2) is 4.98 Å². The van der Waals surface area contributed by atoms with Crippen molar-refractivity contribution in [1.82, 2.24) is 9.97 Å². The van der Waals surface area contributed by atoms with Crippen LogP contribution in [0.25, 0.3) is 10.9 Å². The predicted molar refractivity (Wildman–Crippen MR) is 84.7 cm³/mol. The molecule has 94 valence electrons. The molecular formula is C14H9Br2N3. The Morgan fingerprint density at radius 3 is 2.53 bits per heavy atom. The summed E-state index contributed by atoms with van der Waals surface area (Å²) in [5.74, 6) is 0.792. The Morgan fingerprint density at radius 1 is 0.895 bits per heavy atom. The molecule has 0 saturated heterocycles. The number of benzene rings is 1. The smallest absolute Gasteiger partial charge is 0.130 e. The molecule has 1 N–H and O–H groups in total. The van der Waals surface area contributed by atoms with Crippen LogP contribution in [-0.4, -0.2) is 9.97 Å². The van der Waals surface area contributed by atoms with Crippen molar-refractivity contribution in [3.8, 4) is 0 Å². The fraction of sp³-hybridized carbons (Fsp3) is 0. The number of aromatic nitrogens is 2. The molecule has 0 amide bonds. The molecule has 0 unspecified atom stereocenters. The molecule has 3 aromatic rings. The molecular weight excluding hydrogens is 370 g/mol. The Morgan fingerprint density at radius 2 is 1.74 bits per heavy atom. The van der Waals surface area contributed by atoms with Gasteiger partial charge in [-0.1, -0.05) is 12.1 Å². The van der Waals surface area contributed by atoms with E-state index in [1.54, 1.807) is 12.4 Å². The SMILES string of the molecule is Brc1ccc(Nc2cccc3cc(Br)cnc23)nc1. The van der Waals surface area contributed by atoms with Crippen LogP contribution < -0.4 is 5.32 Å². The highest BCUT2D eigenvalue weighted by atomic mass is 79.9. The first-order chi connectivity index (χ1) is 9.22. The lowest BCUT2D eigenvalue weighted by atomic mass is 10.2. The Hall–Kier alpha value is -1.46. The molecule has 0 aliphatic carbocycles. The van der Waals surface area contributed by atoms with Crippen molar-refractivity contribution >= 4 is 54.3 Å². The summed E-state index contributed by atoms with van der Waals surface area (Å²) in [5, 5.41) is 4.36. The fourth-order valence-corrected chi connectivity index (χ4v) is 2.41. The highest BCUT2D eigenvalue weighted by Gasteiger charge is 2.03. The van der Waals surface area contributed by atoms with E-state index in [4.69, 9.17) is 0 Å². The number of nitrogens with zero attached hydrogens (tertiary/aromatic N) is 2. The summed E-state index contributed by atoms with van der Waals surface area (Å²) in [5.41, 5.74) is 1.87. The Balaban J connectivity index is 2.03. The molecule has 0 atom stereocenters. The molecule has 3 rings (SSSR count). The minimum Gasteiger partial charge on any atom is -0.338 e. The van der Waals surface area contributed by atoms with Crippen molar-refractivity contribution in [2.45, 2.75) is 0 Å². The van der Waals surface area contributed by atoms with Gasteiger partial charge < -0.3 is 5.32 Å². The maximum absolute atomic E-state index is 4.45. The number of anilines is 2. The molecule has 0 spiro atoms. The van der Waals surface area contributed by atoms with E-state index in [-0.39, 0.29) is 0 Å². The first-order valence-corrected chi connectivity index (χ1v) is 7.24. The van der Waals surface area contributed by atoms with Gasteiger partial charge in [0.1, 0.15) is 5.82 Å². The number of fused-ring (bicyclic) bond motifs is 1. The third-order valence-corrected chi connectivity index (χ3v) is 3.57.